The number of ether oxygens (including phenoxy) is 1. The van der Waals surface area contributed by atoms with Crippen molar-refractivity contribution in [3.05, 3.63) is 10.8 Å². The Labute approximate surface area is 110 Å². The van der Waals surface area contributed by atoms with Crippen molar-refractivity contribution in [2.24, 2.45) is 0 Å². The van der Waals surface area contributed by atoms with Crippen molar-refractivity contribution in [1.29, 1.82) is 0 Å². The van der Waals surface area contributed by atoms with Crippen LogP contribution in [0.1, 0.15) is 19.8 Å². The first-order valence-corrected chi connectivity index (χ1v) is 6.57. The minimum atomic E-state index is 0.390. The van der Waals surface area contributed by atoms with Gasteiger partial charge >= 0.3 is 0 Å². The highest BCUT2D eigenvalue weighted by atomic mass is 79.9. The summed E-state index contributed by atoms with van der Waals surface area (Å²) in [5.74, 6) is 1.67. The highest BCUT2D eigenvalue weighted by Gasteiger charge is 2.29. The summed E-state index contributed by atoms with van der Waals surface area (Å²) in [7, 11) is 1.75. The summed E-state index contributed by atoms with van der Waals surface area (Å²) in [5.41, 5.74) is 0. The first kappa shape index (κ1) is 12.6. The maximum absolute atomic E-state index is 5.25. The standard InChI is InChI=1S/C11H17BrN4O/c1-3-13-10-9(12)11(15-6-14-10)16-7-4-8(5-7)17-2/h6-8H,3-5H2,1-2H3,(H2,13,14,15,16). The molecule has 0 aliphatic heterocycles. The van der Waals surface area contributed by atoms with Crippen LogP contribution < -0.4 is 10.6 Å². The number of nitrogens with zero attached hydrogens (tertiary/aromatic N) is 2. The Kier molecular flexibility index (Phi) is 4.17. The molecule has 0 radical (unpaired) electrons. The summed E-state index contributed by atoms with van der Waals surface area (Å²) in [6, 6.07) is 0.445. The molecule has 1 aliphatic rings. The van der Waals surface area contributed by atoms with Crippen LogP contribution in [0.3, 0.4) is 0 Å². The first-order chi connectivity index (χ1) is 8.24. The van der Waals surface area contributed by atoms with Gasteiger partial charge in [0.25, 0.3) is 0 Å². The van der Waals surface area contributed by atoms with Crippen molar-refractivity contribution in [3.8, 4) is 0 Å². The molecular weight excluding hydrogens is 284 g/mol. The normalized spacial score (nSPS) is 23.0. The zero-order chi connectivity index (χ0) is 12.3. The SMILES string of the molecule is CCNc1ncnc(NC2CC(OC)C2)c1Br. The average molecular weight is 301 g/mol. The van der Waals surface area contributed by atoms with E-state index in [2.05, 4.69) is 36.5 Å². The lowest BCUT2D eigenvalue weighted by Gasteiger charge is -2.35. The van der Waals surface area contributed by atoms with E-state index in [1.165, 1.54) is 0 Å². The lowest BCUT2D eigenvalue weighted by molar-refractivity contribution is 0.0328. The Morgan fingerprint density at radius 3 is 2.76 bits per heavy atom. The van der Waals surface area contributed by atoms with Crippen LogP contribution in [0.2, 0.25) is 0 Å². The number of rotatable bonds is 5. The number of nitrogens with one attached hydrogen (secondary N) is 2. The molecule has 94 valence electrons. The van der Waals surface area contributed by atoms with Crippen molar-refractivity contribution in [3.63, 3.8) is 0 Å². The van der Waals surface area contributed by atoms with E-state index in [1.807, 2.05) is 6.92 Å². The Bertz CT molecular complexity index is 382. The van der Waals surface area contributed by atoms with Crippen LogP contribution in [0.5, 0.6) is 0 Å². The first-order valence-electron chi connectivity index (χ1n) is 5.78. The van der Waals surface area contributed by atoms with Crippen molar-refractivity contribution < 1.29 is 4.74 Å². The van der Waals surface area contributed by atoms with Gasteiger partial charge in [-0.05, 0) is 35.7 Å². The second-order valence-corrected chi connectivity index (χ2v) is 4.88. The van der Waals surface area contributed by atoms with Crippen LogP contribution in [0.25, 0.3) is 0 Å². The molecule has 0 spiro atoms. The van der Waals surface area contributed by atoms with E-state index in [-0.39, 0.29) is 0 Å². The van der Waals surface area contributed by atoms with E-state index < -0.39 is 0 Å². The van der Waals surface area contributed by atoms with Crippen LogP contribution in [-0.2, 0) is 4.74 Å². The van der Waals surface area contributed by atoms with E-state index >= 15 is 0 Å². The number of halogens is 1. The predicted octanol–water partition coefficient (Wildman–Crippen LogP) is 2.26. The van der Waals surface area contributed by atoms with Crippen LogP contribution in [-0.4, -0.2) is 35.8 Å². The Morgan fingerprint density at radius 2 is 2.12 bits per heavy atom. The second kappa shape index (κ2) is 5.64. The molecule has 2 rings (SSSR count). The summed E-state index contributed by atoms with van der Waals surface area (Å²) in [6.07, 6.45) is 4.02. The van der Waals surface area contributed by atoms with Gasteiger partial charge in [-0.15, -0.1) is 0 Å². The van der Waals surface area contributed by atoms with Crippen molar-refractivity contribution in [1.82, 2.24) is 9.97 Å². The van der Waals surface area contributed by atoms with Crippen LogP contribution in [0, 0.1) is 0 Å². The van der Waals surface area contributed by atoms with E-state index in [0.717, 1.165) is 35.5 Å². The van der Waals surface area contributed by atoms with Crippen molar-refractivity contribution in [2.75, 3.05) is 24.3 Å². The number of hydrogen-bond donors (Lipinski definition) is 2. The van der Waals surface area contributed by atoms with Gasteiger partial charge in [-0.2, -0.15) is 0 Å². The Hall–Kier alpha value is -0.880. The molecule has 17 heavy (non-hydrogen) atoms. The summed E-state index contributed by atoms with van der Waals surface area (Å²) in [5, 5.41) is 6.57. The van der Waals surface area contributed by atoms with Crippen LogP contribution >= 0.6 is 15.9 Å². The largest absolute Gasteiger partial charge is 0.381 e. The van der Waals surface area contributed by atoms with E-state index in [9.17, 15) is 0 Å². The molecule has 0 unspecified atom stereocenters. The number of hydrogen-bond acceptors (Lipinski definition) is 5. The van der Waals surface area contributed by atoms with Crippen LogP contribution in [0.15, 0.2) is 10.8 Å². The molecule has 0 bridgehead atoms. The Balaban J connectivity index is 1.99. The monoisotopic (exact) mass is 300 g/mol. The summed E-state index contributed by atoms with van der Waals surface area (Å²) < 4.78 is 6.14. The third-order valence-corrected chi connectivity index (χ3v) is 3.65. The van der Waals surface area contributed by atoms with Crippen molar-refractivity contribution in [2.45, 2.75) is 31.9 Å². The topological polar surface area (TPSA) is 59.1 Å². The minimum Gasteiger partial charge on any atom is -0.381 e. The molecule has 1 heterocycles. The molecule has 0 aromatic carbocycles. The fraction of sp³-hybridized carbons (Fsp3) is 0.636. The maximum atomic E-state index is 5.25. The molecular formula is C11H17BrN4O. The maximum Gasteiger partial charge on any atom is 0.146 e. The molecule has 1 aliphatic carbocycles. The van der Waals surface area contributed by atoms with Crippen LogP contribution in [0.4, 0.5) is 11.6 Å². The van der Waals surface area contributed by atoms with Crippen molar-refractivity contribution >= 4 is 27.6 Å². The molecule has 2 N–H and O–H groups in total. The fourth-order valence-corrected chi connectivity index (χ4v) is 2.29. The smallest absolute Gasteiger partial charge is 0.146 e. The zero-order valence-corrected chi connectivity index (χ0v) is 11.6. The van der Waals surface area contributed by atoms with Gasteiger partial charge in [0.05, 0.1) is 6.10 Å². The minimum absolute atomic E-state index is 0.390. The summed E-state index contributed by atoms with van der Waals surface area (Å²) in [6.45, 7) is 2.88. The molecule has 0 saturated heterocycles. The van der Waals surface area contributed by atoms with Gasteiger partial charge in [-0.25, -0.2) is 9.97 Å². The highest BCUT2D eigenvalue weighted by molar-refractivity contribution is 9.10. The van der Waals surface area contributed by atoms with Gasteiger partial charge in [0.15, 0.2) is 0 Å². The van der Waals surface area contributed by atoms with Gasteiger partial charge < -0.3 is 15.4 Å². The highest BCUT2D eigenvalue weighted by Crippen LogP contribution is 2.31. The van der Waals surface area contributed by atoms with E-state index in [0.29, 0.717) is 12.1 Å². The van der Waals surface area contributed by atoms with Gasteiger partial charge in [0.1, 0.15) is 22.4 Å². The van der Waals surface area contributed by atoms with E-state index in [1.54, 1.807) is 13.4 Å². The quantitative estimate of drug-likeness (QED) is 0.873. The molecule has 0 amide bonds. The fourth-order valence-electron chi connectivity index (χ4n) is 1.83. The zero-order valence-electron chi connectivity index (χ0n) is 10.0. The molecule has 6 heteroatoms. The molecule has 1 aromatic heterocycles. The molecule has 1 fully saturated rings. The summed E-state index contributed by atoms with van der Waals surface area (Å²) >= 11 is 3.51. The molecule has 1 aromatic rings. The lowest BCUT2D eigenvalue weighted by Crippen LogP contribution is -2.40. The number of aromatic nitrogens is 2. The lowest BCUT2D eigenvalue weighted by atomic mass is 9.89. The molecule has 0 atom stereocenters. The number of anilines is 2. The summed E-state index contributed by atoms with van der Waals surface area (Å²) in [4.78, 5) is 8.42. The van der Waals surface area contributed by atoms with Gasteiger partial charge in [-0.3, -0.25) is 0 Å². The van der Waals surface area contributed by atoms with E-state index in [4.69, 9.17) is 4.74 Å². The third-order valence-electron chi connectivity index (χ3n) is 2.90. The second-order valence-electron chi connectivity index (χ2n) is 4.09. The van der Waals surface area contributed by atoms with Gasteiger partial charge in [-0.1, -0.05) is 0 Å². The predicted molar refractivity (Wildman–Crippen MR) is 71.3 cm³/mol. The van der Waals surface area contributed by atoms with Gasteiger partial charge in [0.2, 0.25) is 0 Å². The molecule has 5 nitrogen and oxygen atoms in total. The molecule has 1 saturated carbocycles. The number of methoxy groups -OCH3 is 1. The average Bonchev–Trinajstić information content (AvgIpc) is 2.27. The third kappa shape index (κ3) is 2.87. The Morgan fingerprint density at radius 1 is 1.41 bits per heavy atom. The van der Waals surface area contributed by atoms with Gasteiger partial charge in [0, 0.05) is 19.7 Å².